The van der Waals surface area contributed by atoms with Crippen LogP contribution in [0.15, 0.2) is 39.6 Å². The summed E-state index contributed by atoms with van der Waals surface area (Å²) in [5, 5.41) is 8.18. The maximum atomic E-state index is 12.6. The number of fused-ring (bicyclic) bond motifs is 1. The molecule has 1 aliphatic rings. The van der Waals surface area contributed by atoms with Crippen LogP contribution in [0.5, 0.6) is 0 Å². The summed E-state index contributed by atoms with van der Waals surface area (Å²) in [6.07, 6.45) is 0. The molecule has 0 saturated heterocycles. The molecule has 1 aliphatic heterocycles. The molecule has 4 rings (SSSR count). The Morgan fingerprint density at radius 1 is 1.17 bits per heavy atom. The van der Waals surface area contributed by atoms with Gasteiger partial charge >= 0.3 is 11.7 Å². The normalized spacial score (nSPS) is 13.6. The van der Waals surface area contributed by atoms with E-state index in [4.69, 9.17) is 4.52 Å². The summed E-state index contributed by atoms with van der Waals surface area (Å²) in [7, 11) is 0. The quantitative estimate of drug-likeness (QED) is 0.731. The van der Waals surface area contributed by atoms with Crippen molar-refractivity contribution >= 4 is 11.7 Å². The molecule has 0 fully saturated rings. The highest BCUT2D eigenvalue weighted by atomic mass is 16.5. The Hall–Kier alpha value is -3.16. The van der Waals surface area contributed by atoms with E-state index in [2.05, 4.69) is 10.3 Å². The van der Waals surface area contributed by atoms with Gasteiger partial charge in [0, 0.05) is 11.3 Å². The predicted molar refractivity (Wildman–Crippen MR) is 85.0 cm³/mol. The average molecular weight is 325 g/mol. The number of carbonyl (C=O) groups excluding carboxylic acids is 1. The number of rotatable bonds is 3. The lowest BCUT2D eigenvalue weighted by Gasteiger charge is -2.14. The Balaban J connectivity index is 1.68. The van der Waals surface area contributed by atoms with Crippen molar-refractivity contribution in [1.82, 2.24) is 19.5 Å². The van der Waals surface area contributed by atoms with E-state index >= 15 is 0 Å². The minimum absolute atomic E-state index is 0.235. The molecule has 24 heavy (non-hydrogen) atoms. The van der Waals surface area contributed by atoms with E-state index in [1.165, 1.54) is 9.58 Å². The molecule has 0 atom stereocenters. The van der Waals surface area contributed by atoms with Gasteiger partial charge in [0.1, 0.15) is 5.76 Å². The molecule has 0 unspecified atom stereocenters. The topological polar surface area (TPSA) is 86.2 Å². The Morgan fingerprint density at radius 2 is 1.92 bits per heavy atom. The van der Waals surface area contributed by atoms with E-state index in [1.807, 2.05) is 37.3 Å². The molecule has 8 nitrogen and oxygen atoms in total. The lowest BCUT2D eigenvalue weighted by molar-refractivity contribution is 0.250. The molecule has 122 valence electrons. The van der Waals surface area contributed by atoms with E-state index < -0.39 is 5.69 Å². The maximum absolute atomic E-state index is 12.6. The third-order valence-corrected chi connectivity index (χ3v) is 4.19. The Morgan fingerprint density at radius 3 is 2.54 bits per heavy atom. The Labute approximate surface area is 136 Å². The standard InChI is InChI=1S/C16H15N5O3/c1-10-13(11(2)24-18-10)8-20-16(23)21-14(17-20)9-19(15(21)22)12-6-4-3-5-7-12/h3-7H,8-9H2,1-2H3. The van der Waals surface area contributed by atoms with E-state index in [0.717, 1.165) is 15.8 Å². The highest BCUT2D eigenvalue weighted by molar-refractivity contribution is 5.95. The van der Waals surface area contributed by atoms with Crippen molar-refractivity contribution in [3.05, 3.63) is 63.7 Å². The van der Waals surface area contributed by atoms with Crippen LogP contribution in [0.3, 0.4) is 0 Å². The van der Waals surface area contributed by atoms with Crippen molar-refractivity contribution in [2.45, 2.75) is 26.9 Å². The van der Waals surface area contributed by atoms with Crippen molar-refractivity contribution in [3.63, 3.8) is 0 Å². The van der Waals surface area contributed by atoms with Crippen molar-refractivity contribution in [3.8, 4) is 0 Å². The third-order valence-electron chi connectivity index (χ3n) is 4.19. The molecular weight excluding hydrogens is 310 g/mol. The third kappa shape index (κ3) is 2.07. The molecule has 8 heteroatoms. The van der Waals surface area contributed by atoms with Crippen LogP contribution < -0.4 is 10.6 Å². The first-order valence-corrected chi connectivity index (χ1v) is 7.53. The molecule has 2 aromatic heterocycles. The van der Waals surface area contributed by atoms with Crippen molar-refractivity contribution < 1.29 is 9.32 Å². The molecule has 1 amide bonds. The van der Waals surface area contributed by atoms with Crippen LogP contribution in [0, 0.1) is 13.8 Å². The summed E-state index contributed by atoms with van der Waals surface area (Å²) in [4.78, 5) is 26.7. The molecule has 3 aromatic rings. The van der Waals surface area contributed by atoms with Gasteiger partial charge in [-0.1, -0.05) is 23.4 Å². The minimum atomic E-state index is -0.451. The number of para-hydroxylation sites is 1. The van der Waals surface area contributed by atoms with Crippen molar-refractivity contribution in [2.24, 2.45) is 0 Å². The van der Waals surface area contributed by atoms with E-state index in [0.29, 0.717) is 17.3 Å². The Bertz CT molecular complexity index is 964. The number of benzene rings is 1. The van der Waals surface area contributed by atoms with Gasteiger partial charge in [-0.2, -0.15) is 9.67 Å². The first kappa shape index (κ1) is 14.4. The van der Waals surface area contributed by atoms with Crippen LogP contribution in [0.1, 0.15) is 22.8 Å². The molecule has 3 heterocycles. The summed E-state index contributed by atoms with van der Waals surface area (Å²) < 4.78 is 7.50. The van der Waals surface area contributed by atoms with Crippen molar-refractivity contribution in [2.75, 3.05) is 4.90 Å². The lowest BCUT2D eigenvalue weighted by atomic mass is 10.2. The lowest BCUT2D eigenvalue weighted by Crippen LogP contribution is -2.35. The molecule has 0 spiro atoms. The van der Waals surface area contributed by atoms with Crippen LogP contribution in [0.25, 0.3) is 0 Å². The second-order valence-electron chi connectivity index (χ2n) is 5.70. The van der Waals surface area contributed by atoms with Gasteiger partial charge in [-0.15, -0.1) is 0 Å². The number of aryl methyl sites for hydroxylation is 2. The zero-order chi connectivity index (χ0) is 16.8. The monoisotopic (exact) mass is 325 g/mol. The van der Waals surface area contributed by atoms with Gasteiger partial charge in [-0.3, -0.25) is 4.90 Å². The van der Waals surface area contributed by atoms with Crippen molar-refractivity contribution in [1.29, 1.82) is 0 Å². The fourth-order valence-electron chi connectivity index (χ4n) is 2.87. The van der Waals surface area contributed by atoms with Crippen LogP contribution in [-0.2, 0) is 13.1 Å². The molecule has 0 saturated carbocycles. The molecular formula is C16H15N5O3. The van der Waals surface area contributed by atoms with Gasteiger partial charge in [0.05, 0.1) is 18.8 Å². The van der Waals surface area contributed by atoms with E-state index in [9.17, 15) is 9.59 Å². The van der Waals surface area contributed by atoms with Gasteiger partial charge in [-0.05, 0) is 26.0 Å². The predicted octanol–water partition coefficient (Wildman–Crippen LogP) is 1.69. The van der Waals surface area contributed by atoms with Gasteiger partial charge in [0.25, 0.3) is 0 Å². The Kier molecular flexibility index (Phi) is 3.12. The maximum Gasteiger partial charge on any atom is 0.354 e. The minimum Gasteiger partial charge on any atom is -0.361 e. The smallest absolute Gasteiger partial charge is 0.354 e. The number of nitrogens with zero attached hydrogens (tertiary/aromatic N) is 5. The molecule has 1 aromatic carbocycles. The van der Waals surface area contributed by atoms with Crippen LogP contribution in [0.4, 0.5) is 10.5 Å². The summed E-state index contributed by atoms with van der Waals surface area (Å²) in [5.74, 6) is 1.07. The number of hydrogen-bond acceptors (Lipinski definition) is 5. The van der Waals surface area contributed by atoms with Gasteiger partial charge < -0.3 is 4.52 Å². The fraction of sp³-hybridized carbons (Fsp3) is 0.250. The second kappa shape index (κ2) is 5.19. The first-order chi connectivity index (χ1) is 11.6. The largest absolute Gasteiger partial charge is 0.361 e. The molecule has 0 N–H and O–H groups in total. The van der Waals surface area contributed by atoms with Gasteiger partial charge in [0.15, 0.2) is 5.82 Å². The highest BCUT2D eigenvalue weighted by Gasteiger charge is 2.33. The van der Waals surface area contributed by atoms with Crippen LogP contribution in [0.2, 0.25) is 0 Å². The molecule has 0 aliphatic carbocycles. The number of amides is 1. The fourth-order valence-corrected chi connectivity index (χ4v) is 2.87. The summed E-state index contributed by atoms with van der Waals surface area (Å²) >= 11 is 0. The number of aromatic nitrogens is 4. The van der Waals surface area contributed by atoms with Crippen LogP contribution >= 0.6 is 0 Å². The summed E-state index contributed by atoms with van der Waals surface area (Å²) in [6.45, 7) is 4.10. The van der Waals surface area contributed by atoms with Gasteiger partial charge in [-0.25, -0.2) is 14.3 Å². The zero-order valence-electron chi connectivity index (χ0n) is 13.3. The number of hydrogen-bond donors (Lipinski definition) is 0. The molecule has 0 bridgehead atoms. The highest BCUT2D eigenvalue weighted by Crippen LogP contribution is 2.22. The number of carbonyl (C=O) groups is 1. The second-order valence-corrected chi connectivity index (χ2v) is 5.70. The SMILES string of the molecule is Cc1noc(C)c1Cn1nc2n(c1=O)C(=O)N(c1ccccc1)C2. The number of anilines is 1. The van der Waals surface area contributed by atoms with Crippen LogP contribution in [-0.4, -0.2) is 25.5 Å². The molecule has 0 radical (unpaired) electrons. The summed E-state index contributed by atoms with van der Waals surface area (Å²) in [6, 6.07) is 8.84. The van der Waals surface area contributed by atoms with E-state index in [1.54, 1.807) is 6.92 Å². The average Bonchev–Trinajstić information content (AvgIpc) is 3.19. The summed E-state index contributed by atoms with van der Waals surface area (Å²) in [5.41, 5.74) is 1.81. The van der Waals surface area contributed by atoms with Gasteiger partial charge in [0.2, 0.25) is 0 Å². The van der Waals surface area contributed by atoms with E-state index in [-0.39, 0.29) is 19.1 Å². The first-order valence-electron chi connectivity index (χ1n) is 7.53. The zero-order valence-corrected chi connectivity index (χ0v) is 13.3.